The molecule has 1 saturated heterocycles. The van der Waals surface area contributed by atoms with Crippen molar-refractivity contribution in [3.8, 4) is 11.5 Å². The van der Waals surface area contributed by atoms with Gasteiger partial charge in [0.2, 0.25) is 6.79 Å². The number of amides is 2. The third-order valence-electron chi connectivity index (χ3n) is 6.21. The van der Waals surface area contributed by atoms with Crippen molar-refractivity contribution in [3.05, 3.63) is 98.3 Å². The Morgan fingerprint density at radius 2 is 1.70 bits per heavy atom. The summed E-state index contributed by atoms with van der Waals surface area (Å²) in [5.41, 5.74) is 3.04. The zero-order chi connectivity index (χ0) is 25.7. The number of imide groups is 1. The van der Waals surface area contributed by atoms with E-state index in [0.29, 0.717) is 38.6 Å². The SMILES string of the molecule is O=C1S/C(=C\c2cn(Cc3ccc(F)cc3Cl)c3ccccc23)C(=O)N1Cc1cc2c(cc1Cl)OCO2. The Hall–Kier alpha value is -3.46. The number of benzene rings is 3. The van der Waals surface area contributed by atoms with Crippen LogP contribution in [0.25, 0.3) is 17.0 Å². The highest BCUT2D eigenvalue weighted by Gasteiger charge is 2.36. The molecule has 1 fully saturated rings. The van der Waals surface area contributed by atoms with Gasteiger partial charge < -0.3 is 14.0 Å². The molecule has 0 atom stereocenters. The number of nitrogens with zero attached hydrogens (tertiary/aromatic N) is 2. The van der Waals surface area contributed by atoms with Crippen LogP contribution in [0, 0.1) is 5.82 Å². The van der Waals surface area contributed by atoms with Gasteiger partial charge in [0, 0.05) is 45.3 Å². The smallest absolute Gasteiger partial charge is 0.293 e. The number of carbonyl (C=O) groups excluding carboxylic acids is 2. The van der Waals surface area contributed by atoms with Crippen molar-refractivity contribution in [2.75, 3.05) is 6.79 Å². The van der Waals surface area contributed by atoms with Gasteiger partial charge in [0.05, 0.1) is 11.4 Å². The van der Waals surface area contributed by atoms with E-state index in [4.69, 9.17) is 32.7 Å². The molecule has 0 unspecified atom stereocenters. The van der Waals surface area contributed by atoms with E-state index in [-0.39, 0.29) is 18.6 Å². The van der Waals surface area contributed by atoms with Crippen LogP contribution in [0.1, 0.15) is 16.7 Å². The van der Waals surface area contributed by atoms with Crippen molar-refractivity contribution >= 4 is 63.1 Å². The molecule has 2 aliphatic heterocycles. The van der Waals surface area contributed by atoms with Crippen LogP contribution in [-0.2, 0) is 17.9 Å². The van der Waals surface area contributed by atoms with Gasteiger partial charge in [0.25, 0.3) is 11.1 Å². The van der Waals surface area contributed by atoms with Crippen LogP contribution in [0.4, 0.5) is 9.18 Å². The summed E-state index contributed by atoms with van der Waals surface area (Å²) < 4.78 is 26.2. The van der Waals surface area contributed by atoms with Crippen LogP contribution in [0.15, 0.2) is 65.7 Å². The first-order valence-corrected chi connectivity index (χ1v) is 12.8. The summed E-state index contributed by atoms with van der Waals surface area (Å²) in [5.74, 6) is 0.254. The number of thioether (sulfide) groups is 1. The van der Waals surface area contributed by atoms with E-state index in [1.807, 2.05) is 35.0 Å². The van der Waals surface area contributed by atoms with Gasteiger partial charge in [-0.15, -0.1) is 0 Å². The van der Waals surface area contributed by atoms with Crippen molar-refractivity contribution in [3.63, 3.8) is 0 Å². The first-order valence-electron chi connectivity index (χ1n) is 11.2. The molecular weight excluding hydrogens is 538 g/mol. The highest BCUT2D eigenvalue weighted by atomic mass is 35.5. The number of aromatic nitrogens is 1. The molecule has 0 radical (unpaired) electrons. The second-order valence-corrected chi connectivity index (χ2v) is 10.3. The van der Waals surface area contributed by atoms with Crippen molar-refractivity contribution in [1.82, 2.24) is 9.47 Å². The molecule has 2 amide bonds. The zero-order valence-corrected chi connectivity index (χ0v) is 21.4. The average Bonchev–Trinajstić information content (AvgIpc) is 3.54. The Bertz CT molecular complexity index is 1630. The van der Waals surface area contributed by atoms with Crippen LogP contribution in [0.2, 0.25) is 10.0 Å². The van der Waals surface area contributed by atoms with E-state index in [0.717, 1.165) is 38.7 Å². The summed E-state index contributed by atoms with van der Waals surface area (Å²) in [6.07, 6.45) is 3.62. The summed E-state index contributed by atoms with van der Waals surface area (Å²) >= 11 is 13.5. The molecule has 3 heterocycles. The summed E-state index contributed by atoms with van der Waals surface area (Å²) in [4.78, 5) is 27.5. The molecule has 0 N–H and O–H groups in total. The lowest BCUT2D eigenvalue weighted by Gasteiger charge is -2.14. The lowest BCUT2D eigenvalue weighted by atomic mass is 10.1. The van der Waals surface area contributed by atoms with Crippen molar-refractivity contribution in [1.29, 1.82) is 0 Å². The molecule has 4 aromatic rings. The van der Waals surface area contributed by atoms with Gasteiger partial charge in [-0.2, -0.15) is 0 Å². The summed E-state index contributed by atoms with van der Waals surface area (Å²) in [6, 6.07) is 15.3. The number of carbonyl (C=O) groups is 2. The van der Waals surface area contributed by atoms with Crippen molar-refractivity contribution < 1.29 is 23.5 Å². The first kappa shape index (κ1) is 23.9. The first-order chi connectivity index (χ1) is 17.9. The predicted molar refractivity (Wildman–Crippen MR) is 142 cm³/mol. The number of ether oxygens (including phenoxy) is 2. The Morgan fingerprint density at radius 3 is 2.51 bits per heavy atom. The minimum absolute atomic E-state index is 0.0162. The summed E-state index contributed by atoms with van der Waals surface area (Å²) in [6.45, 7) is 0.528. The minimum Gasteiger partial charge on any atom is -0.454 e. The average molecular weight is 555 g/mol. The molecule has 186 valence electrons. The van der Waals surface area contributed by atoms with Crippen LogP contribution in [0.5, 0.6) is 11.5 Å². The molecule has 10 heteroatoms. The van der Waals surface area contributed by atoms with Crippen LogP contribution in [-0.4, -0.2) is 27.4 Å². The fourth-order valence-corrected chi connectivity index (χ4v) is 5.65. The standard InChI is InChI=1S/C27H17Cl2FN2O4S/c28-20-9-18(30)6-5-15(20)11-31-12-16(19-3-1-2-4-22(19)31)8-25-26(33)32(27(34)37-25)13-17-7-23-24(10-21(17)29)36-14-35-23/h1-10,12H,11,13-14H2/b25-8-. The van der Waals surface area contributed by atoms with Gasteiger partial charge in [-0.25, -0.2) is 4.39 Å². The highest BCUT2D eigenvalue weighted by molar-refractivity contribution is 8.18. The Kier molecular flexibility index (Phi) is 6.10. The maximum absolute atomic E-state index is 13.5. The van der Waals surface area contributed by atoms with Gasteiger partial charge in [0.15, 0.2) is 11.5 Å². The van der Waals surface area contributed by atoms with E-state index in [9.17, 15) is 14.0 Å². The Balaban J connectivity index is 1.30. The second kappa shape index (κ2) is 9.45. The van der Waals surface area contributed by atoms with Crippen LogP contribution >= 0.6 is 35.0 Å². The van der Waals surface area contributed by atoms with E-state index >= 15 is 0 Å². The minimum atomic E-state index is -0.401. The molecule has 0 aliphatic carbocycles. The number of fused-ring (bicyclic) bond motifs is 2. The normalized spacial score (nSPS) is 16.0. The van der Waals surface area contributed by atoms with Gasteiger partial charge in [-0.1, -0.05) is 47.5 Å². The molecule has 6 nitrogen and oxygen atoms in total. The monoisotopic (exact) mass is 554 g/mol. The maximum Gasteiger partial charge on any atom is 0.293 e. The molecule has 0 saturated carbocycles. The number of para-hydroxylation sites is 1. The van der Waals surface area contributed by atoms with Crippen molar-refractivity contribution in [2.45, 2.75) is 13.1 Å². The molecule has 6 rings (SSSR count). The second-order valence-electron chi connectivity index (χ2n) is 8.53. The fraction of sp³-hybridized carbons (Fsp3) is 0.111. The largest absolute Gasteiger partial charge is 0.454 e. The quantitative estimate of drug-likeness (QED) is 0.246. The van der Waals surface area contributed by atoms with Crippen LogP contribution in [0.3, 0.4) is 0 Å². The van der Waals surface area contributed by atoms with E-state index < -0.39 is 11.7 Å². The highest BCUT2D eigenvalue weighted by Crippen LogP contribution is 2.40. The third-order valence-corrected chi connectivity index (χ3v) is 7.82. The molecule has 37 heavy (non-hydrogen) atoms. The van der Waals surface area contributed by atoms with Gasteiger partial charge >= 0.3 is 0 Å². The van der Waals surface area contributed by atoms with Crippen LogP contribution < -0.4 is 9.47 Å². The fourth-order valence-electron chi connectivity index (χ4n) is 4.38. The lowest BCUT2D eigenvalue weighted by Crippen LogP contribution is -2.27. The van der Waals surface area contributed by atoms with Crippen molar-refractivity contribution in [2.24, 2.45) is 0 Å². The molecule has 3 aromatic carbocycles. The van der Waals surface area contributed by atoms with E-state index in [1.165, 1.54) is 12.1 Å². The summed E-state index contributed by atoms with van der Waals surface area (Å²) in [5, 5.41) is 1.25. The number of hydrogen-bond donors (Lipinski definition) is 0. The third kappa shape index (κ3) is 4.45. The number of halogens is 3. The number of rotatable bonds is 5. The van der Waals surface area contributed by atoms with Gasteiger partial charge in [-0.05, 0) is 53.2 Å². The zero-order valence-electron chi connectivity index (χ0n) is 19.0. The topological polar surface area (TPSA) is 60.8 Å². The van der Waals surface area contributed by atoms with Gasteiger partial charge in [-0.3, -0.25) is 14.5 Å². The predicted octanol–water partition coefficient (Wildman–Crippen LogP) is 7.10. The van der Waals surface area contributed by atoms with E-state index in [1.54, 1.807) is 24.3 Å². The number of hydrogen-bond acceptors (Lipinski definition) is 5. The molecular formula is C27H17Cl2FN2O4S. The Labute approximate surface area is 225 Å². The summed E-state index contributed by atoms with van der Waals surface area (Å²) in [7, 11) is 0. The van der Waals surface area contributed by atoms with Gasteiger partial charge in [0.1, 0.15) is 5.82 Å². The molecule has 0 bridgehead atoms. The Morgan fingerprint density at radius 1 is 0.946 bits per heavy atom. The molecule has 2 aliphatic rings. The molecule has 1 aromatic heterocycles. The van der Waals surface area contributed by atoms with E-state index in [2.05, 4.69) is 0 Å². The maximum atomic E-state index is 13.5. The molecule has 0 spiro atoms. The lowest BCUT2D eigenvalue weighted by molar-refractivity contribution is -0.123.